The molecule has 0 spiro atoms. The van der Waals surface area contributed by atoms with Crippen molar-refractivity contribution in [3.63, 3.8) is 0 Å². The maximum Gasteiger partial charge on any atom is 0.416 e. The van der Waals surface area contributed by atoms with Crippen LogP contribution in [0.2, 0.25) is 0 Å². The number of pyridine rings is 1. The molecule has 0 aliphatic carbocycles. The molecule has 3 N–H and O–H groups in total. The van der Waals surface area contributed by atoms with E-state index >= 15 is 0 Å². The summed E-state index contributed by atoms with van der Waals surface area (Å²) in [5.41, 5.74) is 0.0313. The molecule has 0 bridgehead atoms. The third-order valence-corrected chi connectivity index (χ3v) is 5.48. The molecule has 3 rings (SSSR count). The van der Waals surface area contributed by atoms with E-state index in [4.69, 9.17) is 4.74 Å². The molecular weight excluding hydrogens is 468 g/mol. The van der Waals surface area contributed by atoms with Crippen LogP contribution < -0.4 is 20.7 Å². The van der Waals surface area contributed by atoms with Gasteiger partial charge in [-0.05, 0) is 23.3 Å². The first-order valence-electron chi connectivity index (χ1n) is 11.3. The van der Waals surface area contributed by atoms with Crippen molar-refractivity contribution >= 4 is 11.8 Å². The Morgan fingerprint density at radius 1 is 1.26 bits per heavy atom. The number of nitrogens with one attached hydrogen (secondary N) is 3. The zero-order chi connectivity index (χ0) is 25.6. The molecule has 1 fully saturated rings. The highest BCUT2D eigenvalue weighted by molar-refractivity contribution is 5.78. The molecule has 2 amide bonds. The number of hydrogen-bond donors (Lipinski definition) is 3. The lowest BCUT2D eigenvalue weighted by Crippen LogP contribution is -2.47. The number of halogens is 4. The average molecular weight is 497 g/mol. The van der Waals surface area contributed by atoms with E-state index in [0.717, 1.165) is 6.07 Å². The summed E-state index contributed by atoms with van der Waals surface area (Å²) in [5, 5.41) is 8.33. The van der Waals surface area contributed by atoms with Crippen LogP contribution in [-0.4, -0.2) is 30.1 Å². The number of rotatable bonds is 9. The number of ether oxygens (including phenoxy) is 1. The van der Waals surface area contributed by atoms with Gasteiger partial charge in [-0.2, -0.15) is 13.2 Å². The minimum Gasteiger partial charge on any atom is -0.478 e. The lowest BCUT2D eigenvalue weighted by atomic mass is 9.96. The second-order valence-corrected chi connectivity index (χ2v) is 8.54. The van der Waals surface area contributed by atoms with Gasteiger partial charge < -0.3 is 15.4 Å². The smallest absolute Gasteiger partial charge is 0.416 e. The minimum absolute atomic E-state index is 0.00568. The fraction of sp³-hybridized carbons (Fsp3) is 0.458. The number of amides is 2. The molecule has 2 unspecified atom stereocenters. The van der Waals surface area contributed by atoms with Crippen molar-refractivity contribution in [1.82, 2.24) is 20.9 Å². The van der Waals surface area contributed by atoms with Gasteiger partial charge in [0.1, 0.15) is 6.17 Å². The number of benzene rings is 1. The Balaban J connectivity index is 1.83. The molecule has 1 saturated heterocycles. The fourth-order valence-corrected chi connectivity index (χ4v) is 3.62. The highest BCUT2D eigenvalue weighted by Gasteiger charge is 2.38. The summed E-state index contributed by atoms with van der Waals surface area (Å²) >= 11 is 0. The normalized spacial score (nSPS) is 18.3. The summed E-state index contributed by atoms with van der Waals surface area (Å²) in [4.78, 5) is 28.5. The van der Waals surface area contributed by atoms with Crippen LogP contribution in [0.5, 0.6) is 5.88 Å². The van der Waals surface area contributed by atoms with Gasteiger partial charge in [-0.25, -0.2) is 4.98 Å². The molecule has 7 nitrogen and oxygen atoms in total. The monoisotopic (exact) mass is 496 g/mol. The number of aromatic nitrogens is 1. The van der Waals surface area contributed by atoms with Crippen molar-refractivity contribution in [3.8, 4) is 5.88 Å². The molecule has 1 aliphatic heterocycles. The lowest BCUT2D eigenvalue weighted by Gasteiger charge is -2.33. The summed E-state index contributed by atoms with van der Waals surface area (Å²) in [5.74, 6) is -0.624. The van der Waals surface area contributed by atoms with Crippen molar-refractivity contribution in [2.24, 2.45) is 5.92 Å². The summed E-state index contributed by atoms with van der Waals surface area (Å²) in [6.07, 6.45) is -4.04. The number of hydrogen-bond acceptors (Lipinski definition) is 5. The van der Waals surface area contributed by atoms with E-state index in [1.807, 2.05) is 0 Å². The SMILES string of the molecule is CC(C)C(=O)NCc1ccc(C(F)(F)F)c(C2NC(=O)CC(c3ccc(OCCCF)nc3)N2)c1. The van der Waals surface area contributed by atoms with Crippen molar-refractivity contribution in [1.29, 1.82) is 0 Å². The number of alkyl halides is 4. The average Bonchev–Trinajstić information content (AvgIpc) is 2.82. The molecule has 1 aliphatic rings. The van der Waals surface area contributed by atoms with E-state index in [1.165, 1.54) is 18.3 Å². The molecular formula is C24H28F4N4O3. The quantitative estimate of drug-likeness (QED) is 0.361. The molecule has 1 aromatic carbocycles. The number of carbonyl (C=O) groups is 2. The summed E-state index contributed by atoms with van der Waals surface area (Å²) < 4.78 is 58.9. The first kappa shape index (κ1) is 26.4. The van der Waals surface area contributed by atoms with Gasteiger partial charge in [-0.1, -0.05) is 26.0 Å². The van der Waals surface area contributed by atoms with Gasteiger partial charge in [-0.3, -0.25) is 19.3 Å². The van der Waals surface area contributed by atoms with Gasteiger partial charge in [0, 0.05) is 49.2 Å². The maximum atomic E-state index is 13.8. The molecule has 0 radical (unpaired) electrons. The molecule has 190 valence electrons. The molecule has 2 heterocycles. The zero-order valence-electron chi connectivity index (χ0n) is 19.4. The molecule has 35 heavy (non-hydrogen) atoms. The van der Waals surface area contributed by atoms with E-state index in [2.05, 4.69) is 20.9 Å². The van der Waals surface area contributed by atoms with Gasteiger partial charge in [0.2, 0.25) is 17.7 Å². The lowest BCUT2D eigenvalue weighted by molar-refractivity contribution is -0.139. The van der Waals surface area contributed by atoms with Crippen molar-refractivity contribution in [2.45, 2.75) is 51.6 Å². The zero-order valence-corrected chi connectivity index (χ0v) is 19.4. The van der Waals surface area contributed by atoms with E-state index in [-0.39, 0.29) is 49.3 Å². The Labute approximate surface area is 200 Å². The Kier molecular flexibility index (Phi) is 8.66. The van der Waals surface area contributed by atoms with E-state index < -0.39 is 36.5 Å². The predicted octanol–water partition coefficient (Wildman–Crippen LogP) is 3.96. The van der Waals surface area contributed by atoms with Crippen molar-refractivity contribution < 1.29 is 31.9 Å². The Morgan fingerprint density at radius 3 is 2.66 bits per heavy atom. The van der Waals surface area contributed by atoms with Crippen LogP contribution >= 0.6 is 0 Å². The highest BCUT2D eigenvalue weighted by atomic mass is 19.4. The first-order valence-corrected chi connectivity index (χ1v) is 11.3. The third kappa shape index (κ3) is 7.14. The predicted molar refractivity (Wildman–Crippen MR) is 120 cm³/mol. The highest BCUT2D eigenvalue weighted by Crippen LogP contribution is 2.36. The van der Waals surface area contributed by atoms with E-state index in [9.17, 15) is 27.2 Å². The third-order valence-electron chi connectivity index (χ3n) is 5.48. The number of carbonyl (C=O) groups excluding carboxylic acids is 2. The van der Waals surface area contributed by atoms with Gasteiger partial charge in [0.15, 0.2) is 0 Å². The molecule has 2 aromatic rings. The van der Waals surface area contributed by atoms with Gasteiger partial charge in [-0.15, -0.1) is 0 Å². The maximum absolute atomic E-state index is 13.8. The van der Waals surface area contributed by atoms with E-state index in [1.54, 1.807) is 26.0 Å². The van der Waals surface area contributed by atoms with Crippen LogP contribution in [0.4, 0.5) is 17.6 Å². The summed E-state index contributed by atoms with van der Waals surface area (Å²) in [7, 11) is 0. The summed E-state index contributed by atoms with van der Waals surface area (Å²) in [6.45, 7) is 3.15. The van der Waals surface area contributed by atoms with Gasteiger partial charge in [0.25, 0.3) is 0 Å². The van der Waals surface area contributed by atoms with Gasteiger partial charge in [0.05, 0.1) is 18.8 Å². The molecule has 11 heteroatoms. The van der Waals surface area contributed by atoms with Crippen LogP contribution in [0.1, 0.15) is 61.2 Å². The molecule has 2 atom stereocenters. The Bertz CT molecular complexity index is 1030. The molecule has 0 saturated carbocycles. The van der Waals surface area contributed by atoms with Crippen LogP contribution in [0.25, 0.3) is 0 Å². The largest absolute Gasteiger partial charge is 0.478 e. The summed E-state index contributed by atoms with van der Waals surface area (Å²) in [6, 6.07) is 6.23. The van der Waals surface area contributed by atoms with Crippen LogP contribution in [-0.2, 0) is 22.3 Å². The molecule has 1 aromatic heterocycles. The van der Waals surface area contributed by atoms with Crippen LogP contribution in [0.15, 0.2) is 36.5 Å². The topological polar surface area (TPSA) is 92.4 Å². The number of nitrogens with zero attached hydrogens (tertiary/aromatic N) is 1. The van der Waals surface area contributed by atoms with E-state index in [0.29, 0.717) is 11.1 Å². The fourth-order valence-electron chi connectivity index (χ4n) is 3.62. The van der Waals surface area contributed by atoms with Crippen LogP contribution in [0.3, 0.4) is 0 Å². The second-order valence-electron chi connectivity index (χ2n) is 8.54. The standard InChI is InChI=1S/C24H28F4N4O3/c1-14(2)23(34)30-12-15-4-6-18(24(26,27)28)17(10-15)22-31-19(11-20(33)32-22)16-5-7-21(29-13-16)35-9-3-8-25/h4-7,10,13-14,19,22,31H,3,8-9,11-12H2,1-2H3,(H,30,34)(H,32,33). The Morgan fingerprint density at radius 2 is 2.03 bits per heavy atom. The van der Waals surface area contributed by atoms with Crippen molar-refractivity contribution in [3.05, 3.63) is 58.8 Å². The second kappa shape index (κ2) is 11.5. The minimum atomic E-state index is -4.64. The van der Waals surface area contributed by atoms with Crippen LogP contribution in [0, 0.1) is 5.92 Å². The van der Waals surface area contributed by atoms with Crippen molar-refractivity contribution in [2.75, 3.05) is 13.3 Å². The first-order chi connectivity index (χ1) is 16.6. The Hall–Kier alpha value is -3.21. The van der Waals surface area contributed by atoms with Gasteiger partial charge >= 0.3 is 6.18 Å².